The Bertz CT molecular complexity index is 727. The van der Waals surface area contributed by atoms with E-state index in [9.17, 15) is 18.0 Å². The van der Waals surface area contributed by atoms with E-state index in [-0.39, 0.29) is 34.6 Å². The van der Waals surface area contributed by atoms with Gasteiger partial charge >= 0.3 is 11.0 Å². The minimum Gasteiger partial charge on any atom is -0.294 e. The van der Waals surface area contributed by atoms with Crippen molar-refractivity contribution in [3.05, 3.63) is 29.7 Å². The minimum absolute atomic E-state index is 0.0655. The lowest BCUT2D eigenvalue weighted by atomic mass is 10.1. The van der Waals surface area contributed by atoms with Crippen LogP contribution in [-0.2, 0) is 19.1 Å². The molecule has 0 N–H and O–H groups in total. The summed E-state index contributed by atoms with van der Waals surface area (Å²) < 4.78 is 42.5. The number of rotatable bonds is 5. The van der Waals surface area contributed by atoms with Crippen molar-refractivity contribution in [3.63, 3.8) is 0 Å². The smallest absolute Gasteiger partial charge is 0.294 e. The molecule has 0 saturated heterocycles. The molecule has 0 aliphatic heterocycles. The second kappa shape index (κ2) is 6.27. The maximum atomic E-state index is 13.6. The van der Waals surface area contributed by atoms with Gasteiger partial charge in [-0.3, -0.25) is 9.36 Å². The normalized spacial score (nSPS) is 25.6. The number of alkyl halides is 3. The van der Waals surface area contributed by atoms with Crippen molar-refractivity contribution >= 4 is 43.2 Å². The van der Waals surface area contributed by atoms with Gasteiger partial charge in [-0.15, -0.1) is 0 Å². The van der Waals surface area contributed by atoms with Crippen LogP contribution in [0.5, 0.6) is 0 Å². The van der Waals surface area contributed by atoms with Crippen molar-refractivity contribution in [1.29, 1.82) is 0 Å². The van der Waals surface area contributed by atoms with Crippen LogP contribution in [0.2, 0.25) is 0 Å². The molecule has 1 heterocycles. The van der Waals surface area contributed by atoms with Crippen LogP contribution in [-0.4, -0.2) is 4.57 Å². The molecule has 8 heteroatoms. The van der Waals surface area contributed by atoms with Crippen LogP contribution in [0.3, 0.4) is 0 Å². The number of hydrogen-bond acceptors (Lipinski definition) is 2. The standard InChI is InChI=1S/C16H18Br2F3NOS/c1-15(2)9(10(15)6-12(17)18)5-11-13(16(19,20)21)22(14(23)24-11)7-8-3-4-8/h6,8-10H,3-5,7H2,1-2H3/t9-,10+/m1/s1. The van der Waals surface area contributed by atoms with Crippen molar-refractivity contribution in [2.24, 2.45) is 23.2 Å². The maximum absolute atomic E-state index is 13.6. The van der Waals surface area contributed by atoms with Crippen LogP contribution in [0, 0.1) is 23.2 Å². The van der Waals surface area contributed by atoms with Gasteiger partial charge in [-0.2, -0.15) is 13.2 Å². The second-order valence-electron chi connectivity index (χ2n) is 7.31. The van der Waals surface area contributed by atoms with E-state index in [1.165, 1.54) is 0 Å². The molecule has 0 unspecified atom stereocenters. The van der Waals surface area contributed by atoms with Gasteiger partial charge in [0.25, 0.3) is 0 Å². The Morgan fingerprint density at radius 2 is 2.00 bits per heavy atom. The Morgan fingerprint density at radius 3 is 2.50 bits per heavy atom. The number of nitrogens with zero attached hydrogens (tertiary/aromatic N) is 1. The predicted octanol–water partition coefficient (Wildman–Crippen LogP) is 5.78. The molecule has 1 aromatic rings. The van der Waals surface area contributed by atoms with E-state index in [0.717, 1.165) is 32.1 Å². The van der Waals surface area contributed by atoms with E-state index in [1.807, 2.05) is 6.08 Å². The van der Waals surface area contributed by atoms with Crippen molar-refractivity contribution in [2.45, 2.75) is 45.8 Å². The van der Waals surface area contributed by atoms with Gasteiger partial charge in [-0.25, -0.2) is 0 Å². The quantitative estimate of drug-likeness (QED) is 0.514. The fourth-order valence-electron chi connectivity index (χ4n) is 3.47. The topological polar surface area (TPSA) is 22.0 Å². The number of aromatic nitrogens is 1. The molecular weight excluding hydrogens is 471 g/mol. The number of thiazole rings is 1. The molecule has 2 saturated carbocycles. The van der Waals surface area contributed by atoms with Crippen molar-refractivity contribution in [2.75, 3.05) is 0 Å². The first kappa shape index (κ1) is 18.7. The SMILES string of the molecule is CC1(C)[C@H](Cc2sc(=O)n(CC3CC3)c2C(F)(F)F)[C@@H]1C=C(Br)Br. The Morgan fingerprint density at radius 1 is 1.38 bits per heavy atom. The van der Waals surface area contributed by atoms with Gasteiger partial charge in [0.2, 0.25) is 0 Å². The fourth-order valence-corrected chi connectivity index (χ4v) is 5.11. The van der Waals surface area contributed by atoms with Crippen LogP contribution >= 0.6 is 43.2 Å². The van der Waals surface area contributed by atoms with Gasteiger partial charge in [0.15, 0.2) is 0 Å². The second-order valence-corrected chi connectivity index (χ2v) is 11.1. The molecule has 2 nitrogen and oxygen atoms in total. The van der Waals surface area contributed by atoms with E-state index in [0.29, 0.717) is 6.42 Å². The van der Waals surface area contributed by atoms with Crippen molar-refractivity contribution < 1.29 is 13.2 Å². The van der Waals surface area contributed by atoms with Crippen molar-refractivity contribution in [1.82, 2.24) is 4.57 Å². The summed E-state index contributed by atoms with van der Waals surface area (Å²) in [6.07, 6.45) is -0.368. The lowest BCUT2D eigenvalue weighted by Crippen LogP contribution is -2.23. The highest BCUT2D eigenvalue weighted by Crippen LogP contribution is 2.61. The maximum Gasteiger partial charge on any atom is 0.432 e. The lowest BCUT2D eigenvalue weighted by molar-refractivity contribution is -0.144. The number of halogens is 5. The van der Waals surface area contributed by atoms with Gasteiger partial charge in [-0.1, -0.05) is 31.3 Å². The zero-order valence-electron chi connectivity index (χ0n) is 13.3. The molecule has 134 valence electrons. The van der Waals surface area contributed by atoms with Crippen LogP contribution in [0.1, 0.15) is 37.3 Å². The predicted molar refractivity (Wildman–Crippen MR) is 96.7 cm³/mol. The highest BCUT2D eigenvalue weighted by atomic mass is 79.9. The van der Waals surface area contributed by atoms with E-state index in [4.69, 9.17) is 0 Å². The molecule has 2 aliphatic carbocycles. The Hall–Kier alpha value is -0.0800. The molecule has 0 radical (unpaired) electrons. The van der Waals surface area contributed by atoms with Crippen LogP contribution in [0.4, 0.5) is 13.2 Å². The first-order chi connectivity index (χ1) is 11.0. The minimum atomic E-state index is -4.48. The zero-order valence-corrected chi connectivity index (χ0v) is 17.3. The highest BCUT2D eigenvalue weighted by molar-refractivity contribution is 9.28. The van der Waals surface area contributed by atoms with E-state index in [1.54, 1.807) is 0 Å². The first-order valence-corrected chi connectivity index (χ1v) is 10.2. The van der Waals surface area contributed by atoms with Gasteiger partial charge in [0.05, 0.1) is 3.39 Å². The number of allylic oxidation sites excluding steroid dienone is 1. The molecule has 0 spiro atoms. The summed E-state index contributed by atoms with van der Waals surface area (Å²) in [6.45, 7) is 4.31. The molecule has 0 amide bonds. The average molecular weight is 489 g/mol. The van der Waals surface area contributed by atoms with Gasteiger partial charge in [0, 0.05) is 11.4 Å². The number of hydrogen-bond donors (Lipinski definition) is 0. The Balaban J connectivity index is 1.91. The summed E-state index contributed by atoms with van der Waals surface area (Å²) in [7, 11) is 0. The summed E-state index contributed by atoms with van der Waals surface area (Å²) in [4.78, 5) is 11.9. The fraction of sp³-hybridized carbons (Fsp3) is 0.688. The molecule has 24 heavy (non-hydrogen) atoms. The summed E-state index contributed by atoms with van der Waals surface area (Å²) in [6, 6.07) is 0. The summed E-state index contributed by atoms with van der Waals surface area (Å²) in [5, 5.41) is 0. The zero-order chi connectivity index (χ0) is 17.9. The first-order valence-electron chi connectivity index (χ1n) is 7.84. The molecule has 2 atom stereocenters. The Labute approximate surface area is 159 Å². The average Bonchev–Trinajstić information content (AvgIpc) is 3.27. The molecule has 3 rings (SSSR count). The molecule has 2 fully saturated rings. The van der Waals surface area contributed by atoms with Crippen molar-refractivity contribution in [3.8, 4) is 0 Å². The third kappa shape index (κ3) is 3.70. The van der Waals surface area contributed by atoms with E-state index < -0.39 is 16.7 Å². The molecule has 1 aromatic heterocycles. The van der Waals surface area contributed by atoms with E-state index >= 15 is 0 Å². The largest absolute Gasteiger partial charge is 0.432 e. The van der Waals surface area contributed by atoms with Gasteiger partial charge < -0.3 is 0 Å². The molecular formula is C16H18Br2F3NOS. The molecule has 2 aliphatic rings. The van der Waals surface area contributed by atoms with E-state index in [2.05, 4.69) is 45.7 Å². The van der Waals surface area contributed by atoms with Gasteiger partial charge in [-0.05, 0) is 74.3 Å². The lowest BCUT2D eigenvalue weighted by Gasteiger charge is -2.13. The third-order valence-corrected chi connectivity index (χ3v) is 6.75. The monoisotopic (exact) mass is 487 g/mol. The van der Waals surface area contributed by atoms with Crippen LogP contribution in [0.25, 0.3) is 0 Å². The summed E-state index contributed by atoms with van der Waals surface area (Å²) in [5.74, 6) is 0.529. The third-order valence-electron chi connectivity index (χ3n) is 5.22. The van der Waals surface area contributed by atoms with Gasteiger partial charge in [0.1, 0.15) is 5.69 Å². The summed E-state index contributed by atoms with van der Waals surface area (Å²) >= 11 is 7.41. The Kier molecular flexibility index (Phi) is 4.88. The van der Waals surface area contributed by atoms with Crippen LogP contribution in [0.15, 0.2) is 14.3 Å². The highest BCUT2D eigenvalue weighted by Gasteiger charge is 2.57. The summed E-state index contributed by atoms with van der Waals surface area (Å²) in [5.41, 5.74) is -0.781. The molecule has 0 bridgehead atoms. The van der Waals surface area contributed by atoms with Crippen LogP contribution < -0.4 is 4.87 Å². The molecule has 0 aromatic carbocycles.